The van der Waals surface area contributed by atoms with E-state index in [1.165, 1.54) is 41.6 Å². The van der Waals surface area contributed by atoms with Crippen LogP contribution < -0.4 is 0 Å². The molecule has 2 atom stereocenters. The summed E-state index contributed by atoms with van der Waals surface area (Å²) in [6, 6.07) is 11.4. The number of aromatic nitrogens is 1. The van der Waals surface area contributed by atoms with Crippen molar-refractivity contribution in [2.75, 3.05) is 0 Å². The van der Waals surface area contributed by atoms with Crippen molar-refractivity contribution in [1.82, 2.24) is 14.6 Å². The summed E-state index contributed by atoms with van der Waals surface area (Å²) < 4.78 is 2.41. The Kier molecular flexibility index (Phi) is 3.77. The second-order valence-electron chi connectivity index (χ2n) is 9.12. The Morgan fingerprint density at radius 2 is 1.78 bits per heavy atom. The summed E-state index contributed by atoms with van der Waals surface area (Å²) in [4.78, 5) is 13.0. The Bertz CT molecular complexity index is 880. The first-order chi connectivity index (χ1) is 13.0. The van der Waals surface area contributed by atoms with Crippen LogP contribution in [0.2, 0.25) is 0 Å². The molecule has 1 aliphatic carbocycles. The standard InChI is InChI=1S/C23H29N3O/c1-16-8-10-18(11-9-16)20-14-21(25-22(27)15-23(2,3)26(20)25)24-13-12-17-6-4-5-7-19(17)24/h8-13,20-21H,4-7,14-15H2,1-3H3/t20-,21-/m0/s1. The lowest BCUT2D eigenvalue weighted by Gasteiger charge is -2.37. The molecule has 1 aromatic heterocycles. The van der Waals surface area contributed by atoms with Crippen LogP contribution in [0.25, 0.3) is 0 Å². The summed E-state index contributed by atoms with van der Waals surface area (Å²) in [7, 11) is 0. The molecule has 0 saturated carbocycles. The predicted octanol–water partition coefficient (Wildman–Crippen LogP) is 4.55. The highest BCUT2D eigenvalue weighted by atomic mass is 16.2. The third-order valence-electron chi connectivity index (χ3n) is 6.71. The monoisotopic (exact) mass is 363 g/mol. The maximum absolute atomic E-state index is 13.0. The summed E-state index contributed by atoms with van der Waals surface area (Å²) in [5.41, 5.74) is 5.39. The Hall–Kier alpha value is -2.07. The van der Waals surface area contributed by atoms with E-state index in [2.05, 4.69) is 71.9 Å². The highest BCUT2D eigenvalue weighted by Gasteiger charge is 2.55. The van der Waals surface area contributed by atoms with E-state index < -0.39 is 0 Å². The number of hydrogen-bond donors (Lipinski definition) is 0. The number of hydrogen-bond acceptors (Lipinski definition) is 2. The van der Waals surface area contributed by atoms with E-state index in [-0.39, 0.29) is 23.7 Å². The first-order valence-electron chi connectivity index (χ1n) is 10.3. The average molecular weight is 364 g/mol. The lowest BCUT2D eigenvalue weighted by Crippen LogP contribution is -2.44. The maximum atomic E-state index is 13.0. The van der Waals surface area contributed by atoms with Crippen LogP contribution in [0.5, 0.6) is 0 Å². The van der Waals surface area contributed by atoms with Crippen LogP contribution in [0.1, 0.15) is 74.1 Å². The molecule has 1 amide bonds. The molecule has 0 spiro atoms. The van der Waals surface area contributed by atoms with Crippen molar-refractivity contribution in [3.8, 4) is 0 Å². The van der Waals surface area contributed by atoms with Gasteiger partial charge in [0.2, 0.25) is 5.91 Å². The SMILES string of the molecule is Cc1ccc([C@@H]2C[C@@H](n3ccc4c3CCCC4)N3C(=O)CC(C)(C)N23)cc1. The molecule has 4 heteroatoms. The Morgan fingerprint density at radius 3 is 2.56 bits per heavy atom. The summed E-state index contributed by atoms with van der Waals surface area (Å²) in [5.74, 6) is 0.262. The van der Waals surface area contributed by atoms with Gasteiger partial charge < -0.3 is 4.57 Å². The van der Waals surface area contributed by atoms with Crippen molar-refractivity contribution in [3.05, 3.63) is 58.9 Å². The van der Waals surface area contributed by atoms with Crippen molar-refractivity contribution in [2.45, 2.75) is 77.0 Å². The van der Waals surface area contributed by atoms with Gasteiger partial charge in [-0.25, -0.2) is 5.01 Å². The van der Waals surface area contributed by atoms with Crippen molar-refractivity contribution in [1.29, 1.82) is 0 Å². The molecule has 2 aliphatic heterocycles. The van der Waals surface area contributed by atoms with E-state index in [4.69, 9.17) is 0 Å². The van der Waals surface area contributed by atoms with Crippen LogP contribution in [0.15, 0.2) is 36.5 Å². The Balaban J connectivity index is 1.58. The molecule has 4 nitrogen and oxygen atoms in total. The highest BCUT2D eigenvalue weighted by Crippen LogP contribution is 2.51. The summed E-state index contributed by atoms with van der Waals surface area (Å²) in [6.45, 7) is 6.54. The number of aryl methyl sites for hydroxylation is 2. The molecule has 0 N–H and O–H groups in total. The second kappa shape index (κ2) is 5.96. The normalized spacial score (nSPS) is 27.1. The molecule has 5 rings (SSSR count). The van der Waals surface area contributed by atoms with Crippen LogP contribution in [0.3, 0.4) is 0 Å². The predicted molar refractivity (Wildman–Crippen MR) is 106 cm³/mol. The van der Waals surface area contributed by atoms with Crippen LogP contribution in [0, 0.1) is 6.92 Å². The fourth-order valence-electron chi connectivity index (χ4n) is 5.45. The van der Waals surface area contributed by atoms with Gasteiger partial charge in [-0.05, 0) is 63.6 Å². The number of hydrazine groups is 1. The van der Waals surface area contributed by atoms with Crippen molar-refractivity contribution < 1.29 is 4.79 Å². The lowest BCUT2D eigenvalue weighted by atomic mass is 9.94. The second-order valence-corrected chi connectivity index (χ2v) is 9.12. The molecule has 0 unspecified atom stereocenters. The Labute approximate surface area is 161 Å². The van der Waals surface area contributed by atoms with Gasteiger partial charge >= 0.3 is 0 Å². The molecule has 27 heavy (non-hydrogen) atoms. The third-order valence-corrected chi connectivity index (χ3v) is 6.71. The molecular weight excluding hydrogens is 334 g/mol. The molecule has 0 bridgehead atoms. The topological polar surface area (TPSA) is 28.5 Å². The number of nitrogens with zero attached hydrogens (tertiary/aromatic N) is 3. The van der Waals surface area contributed by atoms with Gasteiger partial charge in [0, 0.05) is 30.3 Å². The van der Waals surface area contributed by atoms with E-state index in [9.17, 15) is 4.79 Å². The van der Waals surface area contributed by atoms with Gasteiger partial charge in [-0.1, -0.05) is 29.8 Å². The van der Waals surface area contributed by atoms with Crippen LogP contribution >= 0.6 is 0 Å². The number of benzene rings is 1. The first kappa shape index (κ1) is 17.1. The lowest BCUT2D eigenvalue weighted by molar-refractivity contribution is -0.144. The van der Waals surface area contributed by atoms with E-state index >= 15 is 0 Å². The van der Waals surface area contributed by atoms with E-state index in [1.807, 2.05) is 0 Å². The van der Waals surface area contributed by atoms with Gasteiger partial charge in [0.05, 0.1) is 6.04 Å². The molecule has 2 fully saturated rings. The van der Waals surface area contributed by atoms with E-state index in [0.717, 1.165) is 12.8 Å². The van der Waals surface area contributed by atoms with Gasteiger partial charge in [-0.3, -0.25) is 9.80 Å². The number of amides is 1. The molecule has 1 aromatic carbocycles. The van der Waals surface area contributed by atoms with E-state index in [0.29, 0.717) is 6.42 Å². The molecule has 2 saturated heterocycles. The molecule has 2 aromatic rings. The number of carbonyl (C=O) groups is 1. The highest BCUT2D eigenvalue weighted by molar-refractivity contribution is 5.80. The molecule has 3 aliphatic rings. The van der Waals surface area contributed by atoms with E-state index in [1.54, 1.807) is 0 Å². The molecule has 142 valence electrons. The summed E-state index contributed by atoms with van der Waals surface area (Å²) in [5, 5.41) is 4.46. The fourth-order valence-corrected chi connectivity index (χ4v) is 5.45. The quantitative estimate of drug-likeness (QED) is 0.783. The van der Waals surface area contributed by atoms with Gasteiger partial charge in [-0.2, -0.15) is 0 Å². The molecular formula is C23H29N3O. The van der Waals surface area contributed by atoms with Gasteiger partial charge in [0.15, 0.2) is 0 Å². The minimum Gasteiger partial charge on any atom is -0.329 e. The average Bonchev–Trinajstić information content (AvgIpc) is 3.29. The van der Waals surface area contributed by atoms with Crippen molar-refractivity contribution in [3.63, 3.8) is 0 Å². The van der Waals surface area contributed by atoms with Gasteiger partial charge in [-0.15, -0.1) is 0 Å². The zero-order chi connectivity index (χ0) is 18.8. The smallest absolute Gasteiger partial charge is 0.240 e. The minimum atomic E-state index is -0.144. The number of carbonyl (C=O) groups excluding carboxylic acids is 1. The van der Waals surface area contributed by atoms with Crippen LogP contribution in [-0.2, 0) is 17.6 Å². The Morgan fingerprint density at radius 1 is 1.04 bits per heavy atom. The largest absolute Gasteiger partial charge is 0.329 e. The maximum Gasteiger partial charge on any atom is 0.240 e. The van der Waals surface area contributed by atoms with Crippen molar-refractivity contribution in [2.24, 2.45) is 0 Å². The fraction of sp³-hybridized carbons (Fsp3) is 0.522. The molecule has 3 heterocycles. The number of rotatable bonds is 2. The molecule has 0 radical (unpaired) electrons. The van der Waals surface area contributed by atoms with Crippen LogP contribution in [-0.4, -0.2) is 26.0 Å². The minimum absolute atomic E-state index is 0.104. The zero-order valence-electron chi connectivity index (χ0n) is 16.6. The third kappa shape index (κ3) is 2.57. The zero-order valence-corrected chi connectivity index (χ0v) is 16.6. The van der Waals surface area contributed by atoms with Gasteiger partial charge in [0.1, 0.15) is 6.17 Å². The summed E-state index contributed by atoms with van der Waals surface area (Å²) >= 11 is 0. The van der Waals surface area contributed by atoms with Gasteiger partial charge in [0.25, 0.3) is 0 Å². The van der Waals surface area contributed by atoms with Crippen molar-refractivity contribution >= 4 is 5.91 Å². The number of fused-ring (bicyclic) bond motifs is 2. The van der Waals surface area contributed by atoms with Crippen LogP contribution in [0.4, 0.5) is 0 Å². The first-order valence-corrected chi connectivity index (χ1v) is 10.3. The summed E-state index contributed by atoms with van der Waals surface area (Å²) in [6.07, 6.45) is 8.75.